The molecule has 0 fully saturated rings. The molecule has 0 saturated heterocycles. The lowest BCUT2D eigenvalue weighted by Crippen LogP contribution is -2.38. The van der Waals surface area contributed by atoms with E-state index in [1.54, 1.807) is 0 Å². The van der Waals surface area contributed by atoms with Gasteiger partial charge >= 0.3 is 0 Å². The Morgan fingerprint density at radius 2 is 2.05 bits per heavy atom. The highest BCUT2D eigenvalue weighted by molar-refractivity contribution is 7.80. The molecule has 0 aromatic heterocycles. The predicted molar refractivity (Wildman–Crippen MR) is 92.5 cm³/mol. The molecule has 0 radical (unpaired) electrons. The van der Waals surface area contributed by atoms with E-state index >= 15 is 0 Å². The Kier molecular flexibility index (Phi) is 7.75. The number of hydrogen-bond donors (Lipinski definition) is 2. The van der Waals surface area contributed by atoms with Crippen molar-refractivity contribution in [3.63, 3.8) is 0 Å². The SMILES string of the molecule is CCCC(C(=O)NCCCN(C)c1ccccc1)C(N)=S. The number of benzene rings is 1. The molecular formula is C16H25N3OS. The summed E-state index contributed by atoms with van der Waals surface area (Å²) in [5.41, 5.74) is 6.79. The van der Waals surface area contributed by atoms with E-state index in [9.17, 15) is 4.79 Å². The molecule has 1 aromatic rings. The van der Waals surface area contributed by atoms with Crippen LogP contribution in [-0.2, 0) is 4.79 Å². The van der Waals surface area contributed by atoms with Crippen LogP contribution in [0.5, 0.6) is 0 Å². The van der Waals surface area contributed by atoms with Gasteiger partial charge in [-0.15, -0.1) is 0 Å². The first-order chi connectivity index (χ1) is 10.1. The minimum absolute atomic E-state index is 0.0493. The summed E-state index contributed by atoms with van der Waals surface area (Å²) in [6, 6.07) is 10.2. The molecule has 1 rings (SSSR count). The third kappa shape index (κ3) is 6.12. The average molecular weight is 307 g/mol. The van der Waals surface area contributed by atoms with E-state index in [1.807, 2.05) is 32.2 Å². The summed E-state index contributed by atoms with van der Waals surface area (Å²) in [4.78, 5) is 14.5. The molecule has 0 saturated carbocycles. The van der Waals surface area contributed by atoms with Crippen molar-refractivity contribution < 1.29 is 4.79 Å². The molecular weight excluding hydrogens is 282 g/mol. The molecule has 1 atom stereocenters. The number of anilines is 1. The van der Waals surface area contributed by atoms with Crippen molar-refractivity contribution in [2.75, 3.05) is 25.0 Å². The lowest BCUT2D eigenvalue weighted by molar-refractivity contribution is -0.123. The van der Waals surface area contributed by atoms with Gasteiger partial charge in [-0.2, -0.15) is 0 Å². The third-order valence-electron chi connectivity index (χ3n) is 3.40. The summed E-state index contributed by atoms with van der Waals surface area (Å²) in [6.07, 6.45) is 2.49. The fraction of sp³-hybridized carbons (Fsp3) is 0.500. The van der Waals surface area contributed by atoms with Crippen molar-refractivity contribution in [2.45, 2.75) is 26.2 Å². The second-order valence-electron chi connectivity index (χ2n) is 5.15. The van der Waals surface area contributed by atoms with Gasteiger partial charge in [0.1, 0.15) is 0 Å². The minimum Gasteiger partial charge on any atom is -0.393 e. The number of amides is 1. The first kappa shape index (κ1) is 17.4. The normalized spacial score (nSPS) is 11.7. The number of carbonyl (C=O) groups is 1. The van der Waals surface area contributed by atoms with Crippen LogP contribution in [0.3, 0.4) is 0 Å². The predicted octanol–water partition coefficient (Wildman–Crippen LogP) is 2.33. The van der Waals surface area contributed by atoms with Gasteiger partial charge in [0.15, 0.2) is 0 Å². The molecule has 5 heteroatoms. The van der Waals surface area contributed by atoms with Crippen LogP contribution in [0.1, 0.15) is 26.2 Å². The Morgan fingerprint density at radius 3 is 2.62 bits per heavy atom. The van der Waals surface area contributed by atoms with Crippen LogP contribution < -0.4 is 16.0 Å². The minimum atomic E-state index is -0.336. The van der Waals surface area contributed by atoms with Crippen molar-refractivity contribution in [2.24, 2.45) is 11.7 Å². The first-order valence-electron chi connectivity index (χ1n) is 7.39. The maximum Gasteiger partial charge on any atom is 0.229 e. The van der Waals surface area contributed by atoms with Gasteiger partial charge in [-0.1, -0.05) is 43.8 Å². The quantitative estimate of drug-likeness (QED) is 0.543. The van der Waals surface area contributed by atoms with E-state index in [-0.39, 0.29) is 16.8 Å². The largest absolute Gasteiger partial charge is 0.393 e. The lowest BCUT2D eigenvalue weighted by Gasteiger charge is -2.20. The molecule has 0 aliphatic rings. The Hall–Kier alpha value is -1.62. The number of thiocarbonyl (C=S) groups is 1. The molecule has 21 heavy (non-hydrogen) atoms. The van der Waals surface area contributed by atoms with Crippen LogP contribution in [0.15, 0.2) is 30.3 Å². The molecule has 0 spiro atoms. The molecule has 0 bridgehead atoms. The van der Waals surface area contributed by atoms with Crippen LogP contribution in [0.2, 0.25) is 0 Å². The van der Waals surface area contributed by atoms with Crippen LogP contribution in [-0.4, -0.2) is 31.0 Å². The molecule has 116 valence electrons. The maximum atomic E-state index is 12.0. The Bertz CT molecular complexity index is 450. The fourth-order valence-corrected chi connectivity index (χ4v) is 2.38. The second kappa shape index (κ2) is 9.34. The van der Waals surface area contributed by atoms with Crippen molar-refractivity contribution in [1.82, 2.24) is 5.32 Å². The van der Waals surface area contributed by atoms with E-state index < -0.39 is 0 Å². The number of nitrogens with one attached hydrogen (secondary N) is 1. The van der Waals surface area contributed by atoms with Gasteiger partial charge in [0.25, 0.3) is 0 Å². The van der Waals surface area contributed by atoms with Crippen LogP contribution in [0.4, 0.5) is 5.69 Å². The number of carbonyl (C=O) groups excluding carboxylic acids is 1. The first-order valence-corrected chi connectivity index (χ1v) is 7.80. The number of rotatable bonds is 9. The van der Waals surface area contributed by atoms with E-state index in [1.165, 1.54) is 5.69 Å². The fourth-order valence-electron chi connectivity index (χ4n) is 2.15. The summed E-state index contributed by atoms with van der Waals surface area (Å²) in [5.74, 6) is -0.386. The van der Waals surface area contributed by atoms with Crippen molar-refractivity contribution >= 4 is 28.8 Å². The van der Waals surface area contributed by atoms with Gasteiger partial charge in [-0.25, -0.2) is 0 Å². The number of hydrogen-bond acceptors (Lipinski definition) is 3. The zero-order chi connectivity index (χ0) is 15.7. The van der Waals surface area contributed by atoms with Crippen molar-refractivity contribution in [3.8, 4) is 0 Å². The molecule has 3 N–H and O–H groups in total. The molecule has 0 heterocycles. The molecule has 1 unspecified atom stereocenters. The number of nitrogens with zero attached hydrogens (tertiary/aromatic N) is 1. The number of para-hydroxylation sites is 1. The maximum absolute atomic E-state index is 12.0. The lowest BCUT2D eigenvalue weighted by atomic mass is 10.0. The molecule has 1 aromatic carbocycles. The smallest absolute Gasteiger partial charge is 0.229 e. The van der Waals surface area contributed by atoms with Crippen LogP contribution in [0, 0.1) is 5.92 Å². The summed E-state index contributed by atoms with van der Waals surface area (Å²) in [5, 5.41) is 2.92. The highest BCUT2D eigenvalue weighted by Crippen LogP contribution is 2.11. The molecule has 0 aliphatic heterocycles. The van der Waals surface area contributed by atoms with E-state index in [2.05, 4.69) is 22.3 Å². The van der Waals surface area contributed by atoms with E-state index in [0.29, 0.717) is 13.0 Å². The highest BCUT2D eigenvalue weighted by atomic mass is 32.1. The van der Waals surface area contributed by atoms with Crippen LogP contribution >= 0.6 is 12.2 Å². The summed E-state index contributed by atoms with van der Waals surface area (Å²) in [7, 11) is 2.05. The Balaban J connectivity index is 2.30. The second-order valence-corrected chi connectivity index (χ2v) is 5.62. The Labute approximate surface area is 132 Å². The van der Waals surface area contributed by atoms with E-state index in [0.717, 1.165) is 19.4 Å². The summed E-state index contributed by atoms with van der Waals surface area (Å²) >= 11 is 4.95. The molecule has 4 nitrogen and oxygen atoms in total. The standard InChI is InChI=1S/C16H25N3OS/c1-3-8-14(15(17)21)16(20)18-11-7-12-19(2)13-9-5-4-6-10-13/h4-6,9-10,14H,3,7-8,11-12H2,1-2H3,(H2,17,21)(H,18,20). The zero-order valence-electron chi connectivity index (χ0n) is 12.8. The highest BCUT2D eigenvalue weighted by Gasteiger charge is 2.19. The number of nitrogens with two attached hydrogens (primary N) is 1. The van der Waals surface area contributed by atoms with E-state index in [4.69, 9.17) is 18.0 Å². The van der Waals surface area contributed by atoms with Gasteiger partial charge in [0, 0.05) is 25.8 Å². The van der Waals surface area contributed by atoms with Crippen molar-refractivity contribution in [1.29, 1.82) is 0 Å². The summed E-state index contributed by atoms with van der Waals surface area (Å²) < 4.78 is 0. The molecule has 0 aliphatic carbocycles. The van der Waals surface area contributed by atoms with Gasteiger partial charge in [0.05, 0.1) is 10.9 Å². The van der Waals surface area contributed by atoms with Gasteiger partial charge in [0.2, 0.25) is 5.91 Å². The van der Waals surface area contributed by atoms with Gasteiger partial charge in [-0.05, 0) is 25.0 Å². The topological polar surface area (TPSA) is 58.4 Å². The van der Waals surface area contributed by atoms with Crippen LogP contribution in [0.25, 0.3) is 0 Å². The molecule has 1 amide bonds. The monoisotopic (exact) mass is 307 g/mol. The van der Waals surface area contributed by atoms with Crippen molar-refractivity contribution in [3.05, 3.63) is 30.3 Å². The van der Waals surface area contributed by atoms with Gasteiger partial charge in [-0.3, -0.25) is 4.79 Å². The average Bonchev–Trinajstić information content (AvgIpc) is 2.49. The Morgan fingerprint density at radius 1 is 1.38 bits per heavy atom. The third-order valence-corrected chi connectivity index (χ3v) is 3.69. The zero-order valence-corrected chi connectivity index (χ0v) is 13.7. The summed E-state index contributed by atoms with van der Waals surface area (Å²) in [6.45, 7) is 3.54. The van der Waals surface area contributed by atoms with Gasteiger partial charge < -0.3 is 16.0 Å².